The monoisotopic (exact) mass is 307 g/mol. The van der Waals surface area contributed by atoms with Crippen molar-refractivity contribution in [2.24, 2.45) is 17.8 Å². The maximum absolute atomic E-state index is 6.15. The molecule has 4 unspecified atom stereocenters. The lowest BCUT2D eigenvalue weighted by molar-refractivity contribution is 0.390. The molecular formula is C17H22ClNO2. The van der Waals surface area contributed by atoms with E-state index in [2.05, 4.69) is 24.4 Å². The molecule has 2 aliphatic rings. The lowest BCUT2D eigenvalue weighted by Crippen LogP contribution is -2.29. The van der Waals surface area contributed by atoms with Crippen molar-refractivity contribution in [2.45, 2.75) is 25.8 Å². The Morgan fingerprint density at radius 3 is 2.48 bits per heavy atom. The Morgan fingerprint density at radius 1 is 1.14 bits per heavy atom. The van der Waals surface area contributed by atoms with Gasteiger partial charge in [-0.25, -0.2) is 0 Å². The summed E-state index contributed by atoms with van der Waals surface area (Å²) >= 11 is 6.15. The summed E-state index contributed by atoms with van der Waals surface area (Å²) in [6.45, 7) is 2.25. The molecule has 1 aromatic rings. The van der Waals surface area contributed by atoms with Crippen LogP contribution in [0.1, 0.15) is 19.8 Å². The van der Waals surface area contributed by atoms with Gasteiger partial charge in [0.2, 0.25) is 0 Å². The van der Waals surface area contributed by atoms with E-state index >= 15 is 0 Å². The van der Waals surface area contributed by atoms with E-state index < -0.39 is 0 Å². The summed E-state index contributed by atoms with van der Waals surface area (Å²) in [4.78, 5) is 0. The standard InChI is InChI=1S/C17H22ClNO2/c1-10(13-7-11-4-5-12(13)6-11)19-15-9-16(20-2)14(18)8-17(15)21-3/h4-5,8-13,19H,6-7H2,1-3H3. The second-order valence-electron chi connectivity index (χ2n) is 6.06. The van der Waals surface area contributed by atoms with E-state index in [1.165, 1.54) is 12.8 Å². The summed E-state index contributed by atoms with van der Waals surface area (Å²) in [5, 5.41) is 4.16. The Morgan fingerprint density at radius 2 is 1.90 bits per heavy atom. The Bertz CT molecular complexity index is 558. The molecule has 2 bridgehead atoms. The molecule has 0 radical (unpaired) electrons. The van der Waals surface area contributed by atoms with Crippen LogP contribution in [0.15, 0.2) is 24.3 Å². The Hall–Kier alpha value is -1.35. The smallest absolute Gasteiger partial charge is 0.143 e. The fourth-order valence-electron chi connectivity index (χ4n) is 3.72. The van der Waals surface area contributed by atoms with Gasteiger partial charge in [-0.3, -0.25) is 0 Å². The second kappa shape index (κ2) is 5.80. The predicted octanol–water partition coefficient (Wildman–Crippen LogP) is 4.37. The molecule has 4 heteroatoms. The number of benzene rings is 1. The number of ether oxygens (including phenoxy) is 2. The maximum Gasteiger partial charge on any atom is 0.143 e. The fourth-order valence-corrected chi connectivity index (χ4v) is 3.95. The van der Waals surface area contributed by atoms with E-state index in [4.69, 9.17) is 21.1 Å². The van der Waals surface area contributed by atoms with E-state index in [0.717, 1.165) is 23.3 Å². The number of methoxy groups -OCH3 is 2. The average molecular weight is 308 g/mol. The molecular weight excluding hydrogens is 286 g/mol. The van der Waals surface area contributed by atoms with Gasteiger partial charge >= 0.3 is 0 Å². The quantitative estimate of drug-likeness (QED) is 0.819. The molecule has 2 aliphatic carbocycles. The van der Waals surface area contributed by atoms with Gasteiger partial charge in [0.05, 0.1) is 24.9 Å². The summed E-state index contributed by atoms with van der Waals surface area (Å²) < 4.78 is 10.7. The van der Waals surface area contributed by atoms with Crippen molar-refractivity contribution in [3.05, 3.63) is 29.3 Å². The number of anilines is 1. The molecule has 3 rings (SSSR count). The summed E-state index contributed by atoms with van der Waals surface area (Å²) in [5.41, 5.74) is 0.943. The first-order chi connectivity index (χ1) is 10.1. The van der Waals surface area contributed by atoms with Crippen LogP contribution < -0.4 is 14.8 Å². The van der Waals surface area contributed by atoms with Crippen molar-refractivity contribution in [2.75, 3.05) is 19.5 Å². The van der Waals surface area contributed by atoms with Gasteiger partial charge in [0.15, 0.2) is 0 Å². The number of fused-ring (bicyclic) bond motifs is 2. The average Bonchev–Trinajstić information content (AvgIpc) is 3.11. The van der Waals surface area contributed by atoms with Crippen LogP contribution in [0.5, 0.6) is 11.5 Å². The van der Waals surface area contributed by atoms with E-state index in [0.29, 0.717) is 22.7 Å². The molecule has 21 heavy (non-hydrogen) atoms. The van der Waals surface area contributed by atoms with E-state index in [-0.39, 0.29) is 0 Å². The molecule has 4 atom stereocenters. The molecule has 0 heterocycles. The SMILES string of the molecule is COc1cc(NC(C)C2CC3C=CC2C3)c(OC)cc1Cl. The van der Waals surface area contributed by atoms with Gasteiger partial charge < -0.3 is 14.8 Å². The minimum absolute atomic E-state index is 0.393. The van der Waals surface area contributed by atoms with Crippen LogP contribution >= 0.6 is 11.6 Å². The largest absolute Gasteiger partial charge is 0.495 e. The van der Waals surface area contributed by atoms with Gasteiger partial charge in [-0.1, -0.05) is 23.8 Å². The number of rotatable bonds is 5. The first-order valence-electron chi connectivity index (χ1n) is 7.48. The third-order valence-corrected chi connectivity index (χ3v) is 5.12. The van der Waals surface area contributed by atoms with Crippen molar-refractivity contribution in [1.29, 1.82) is 0 Å². The minimum Gasteiger partial charge on any atom is -0.495 e. The summed E-state index contributed by atoms with van der Waals surface area (Å²) in [7, 11) is 3.29. The molecule has 1 N–H and O–H groups in total. The van der Waals surface area contributed by atoms with Crippen LogP contribution in [0.2, 0.25) is 5.02 Å². The maximum atomic E-state index is 6.15. The number of nitrogens with one attached hydrogen (secondary N) is 1. The van der Waals surface area contributed by atoms with E-state index in [1.54, 1.807) is 20.3 Å². The highest BCUT2D eigenvalue weighted by Gasteiger charge is 2.38. The zero-order valence-corrected chi connectivity index (χ0v) is 13.5. The van der Waals surface area contributed by atoms with E-state index in [1.807, 2.05) is 6.07 Å². The van der Waals surface area contributed by atoms with Crippen molar-refractivity contribution in [1.82, 2.24) is 0 Å². The third kappa shape index (κ3) is 2.71. The van der Waals surface area contributed by atoms with Crippen molar-refractivity contribution in [3.63, 3.8) is 0 Å². The summed E-state index contributed by atoms with van der Waals surface area (Å²) in [6.07, 6.45) is 7.36. The van der Waals surface area contributed by atoms with Gasteiger partial charge in [0.1, 0.15) is 11.5 Å². The molecule has 0 aromatic heterocycles. The molecule has 0 aliphatic heterocycles. The first-order valence-corrected chi connectivity index (χ1v) is 7.86. The minimum atomic E-state index is 0.393. The highest BCUT2D eigenvalue weighted by atomic mass is 35.5. The molecule has 1 saturated carbocycles. The fraction of sp³-hybridized carbons (Fsp3) is 0.529. The Kier molecular flexibility index (Phi) is 4.03. The predicted molar refractivity (Wildman–Crippen MR) is 86.5 cm³/mol. The normalized spacial score (nSPS) is 27.7. The molecule has 3 nitrogen and oxygen atoms in total. The zero-order valence-electron chi connectivity index (χ0n) is 12.7. The Balaban J connectivity index is 1.79. The zero-order chi connectivity index (χ0) is 15.0. The number of hydrogen-bond acceptors (Lipinski definition) is 3. The van der Waals surface area contributed by atoms with Crippen LogP contribution in [0, 0.1) is 17.8 Å². The van der Waals surface area contributed by atoms with E-state index in [9.17, 15) is 0 Å². The van der Waals surface area contributed by atoms with Gasteiger partial charge in [0, 0.05) is 18.2 Å². The van der Waals surface area contributed by atoms with Gasteiger partial charge in [-0.15, -0.1) is 0 Å². The van der Waals surface area contributed by atoms with Crippen molar-refractivity contribution < 1.29 is 9.47 Å². The van der Waals surface area contributed by atoms with Crippen molar-refractivity contribution >= 4 is 17.3 Å². The molecule has 1 fully saturated rings. The van der Waals surface area contributed by atoms with Crippen LogP contribution in [0.3, 0.4) is 0 Å². The molecule has 0 spiro atoms. The molecule has 0 saturated heterocycles. The summed E-state index contributed by atoms with van der Waals surface area (Å²) in [5.74, 6) is 3.61. The molecule has 114 valence electrons. The molecule has 1 aromatic carbocycles. The lowest BCUT2D eigenvalue weighted by atomic mass is 9.87. The van der Waals surface area contributed by atoms with Crippen molar-refractivity contribution in [3.8, 4) is 11.5 Å². The van der Waals surface area contributed by atoms with Gasteiger partial charge in [0.25, 0.3) is 0 Å². The Labute approximate surface area is 131 Å². The van der Waals surface area contributed by atoms with Gasteiger partial charge in [-0.05, 0) is 37.5 Å². The number of hydrogen-bond donors (Lipinski definition) is 1. The number of allylic oxidation sites excluding steroid dienone is 2. The van der Waals surface area contributed by atoms with Crippen LogP contribution in [-0.2, 0) is 0 Å². The number of halogens is 1. The van der Waals surface area contributed by atoms with Crippen LogP contribution in [-0.4, -0.2) is 20.3 Å². The topological polar surface area (TPSA) is 30.5 Å². The first kappa shape index (κ1) is 14.6. The highest BCUT2D eigenvalue weighted by molar-refractivity contribution is 6.32. The van der Waals surface area contributed by atoms with Gasteiger partial charge in [-0.2, -0.15) is 0 Å². The highest BCUT2D eigenvalue weighted by Crippen LogP contribution is 2.46. The summed E-state index contributed by atoms with van der Waals surface area (Å²) in [6, 6.07) is 4.11. The lowest BCUT2D eigenvalue weighted by Gasteiger charge is -2.28. The van der Waals surface area contributed by atoms with Crippen LogP contribution in [0.25, 0.3) is 0 Å². The second-order valence-corrected chi connectivity index (χ2v) is 6.47. The molecule has 0 amide bonds. The third-order valence-electron chi connectivity index (χ3n) is 4.83. The van der Waals surface area contributed by atoms with Crippen LogP contribution in [0.4, 0.5) is 5.69 Å².